The lowest BCUT2D eigenvalue weighted by Gasteiger charge is -2.10. The van der Waals surface area contributed by atoms with E-state index in [1.165, 1.54) is 24.4 Å². The fourth-order valence-electron chi connectivity index (χ4n) is 2.81. The summed E-state index contributed by atoms with van der Waals surface area (Å²) in [4.78, 5) is 37.5. The van der Waals surface area contributed by atoms with Crippen LogP contribution in [0.2, 0.25) is 10.0 Å². The highest BCUT2D eigenvalue weighted by Crippen LogP contribution is 2.26. The number of nitrogens with one attached hydrogen (secondary N) is 4. The van der Waals surface area contributed by atoms with Gasteiger partial charge in [0.2, 0.25) is 5.91 Å². The van der Waals surface area contributed by atoms with Crippen LogP contribution in [0, 0.1) is 0 Å². The van der Waals surface area contributed by atoms with E-state index in [4.69, 9.17) is 23.2 Å². The lowest BCUT2D eigenvalue weighted by atomic mass is 10.2. The fraction of sp³-hybridized carbons (Fsp3) is 0.0909. The molecule has 12 heteroatoms. The molecule has 3 amide bonds. The Hall–Kier alpha value is -2.93. The van der Waals surface area contributed by atoms with E-state index in [9.17, 15) is 14.4 Å². The summed E-state index contributed by atoms with van der Waals surface area (Å²) in [6, 6.07) is 11.3. The van der Waals surface area contributed by atoms with Gasteiger partial charge < -0.3 is 16.0 Å². The van der Waals surface area contributed by atoms with Crippen molar-refractivity contribution in [1.82, 2.24) is 13.3 Å². The zero-order valence-electron chi connectivity index (χ0n) is 17.7. The van der Waals surface area contributed by atoms with Crippen molar-refractivity contribution in [2.24, 2.45) is 0 Å². The first-order valence-corrected chi connectivity index (χ1v) is 11.5. The summed E-state index contributed by atoms with van der Waals surface area (Å²) in [5.41, 5.74) is 1.19. The Morgan fingerprint density at radius 2 is 1.68 bits per heavy atom. The zero-order chi connectivity index (χ0) is 24.7. The maximum absolute atomic E-state index is 12.8. The summed E-state index contributed by atoms with van der Waals surface area (Å²) < 4.78 is 1.90. The molecule has 0 bridgehead atoms. The first kappa shape index (κ1) is 25.7. The minimum atomic E-state index is -0.586. The van der Waals surface area contributed by atoms with Crippen LogP contribution in [0.4, 0.5) is 17.1 Å². The summed E-state index contributed by atoms with van der Waals surface area (Å²) in [7, 11) is 1.89. The average Bonchev–Trinajstić information content (AvgIpc) is 3.21. The van der Waals surface area contributed by atoms with E-state index in [1.807, 2.05) is 10.2 Å². The summed E-state index contributed by atoms with van der Waals surface area (Å²) in [6.45, 7) is 0.621. The molecule has 176 valence electrons. The van der Waals surface area contributed by atoms with Crippen LogP contribution in [0.1, 0.15) is 20.8 Å². The second-order valence-corrected chi connectivity index (χ2v) is 9.38. The van der Waals surface area contributed by atoms with Crippen molar-refractivity contribution in [3.63, 3.8) is 0 Å². The Morgan fingerprint density at radius 1 is 1.03 bits per heavy atom. The van der Waals surface area contributed by atoms with Gasteiger partial charge in [0.25, 0.3) is 11.8 Å². The molecule has 34 heavy (non-hydrogen) atoms. The molecule has 0 spiro atoms. The molecule has 0 aliphatic heterocycles. The molecule has 0 fully saturated rings. The number of halogens is 3. The predicted molar refractivity (Wildman–Crippen MR) is 142 cm³/mol. The van der Waals surface area contributed by atoms with Gasteiger partial charge >= 0.3 is 0 Å². The van der Waals surface area contributed by atoms with Gasteiger partial charge in [-0.1, -0.05) is 41.4 Å². The van der Waals surface area contributed by atoms with E-state index in [2.05, 4.69) is 49.0 Å². The van der Waals surface area contributed by atoms with Gasteiger partial charge in [0.1, 0.15) is 5.69 Å². The number of aromatic nitrogens is 2. The molecule has 0 aliphatic carbocycles. The monoisotopic (exact) mass is 612 g/mol. The molecule has 0 atom stereocenters. The van der Waals surface area contributed by atoms with E-state index in [0.717, 1.165) is 0 Å². The first-order valence-electron chi connectivity index (χ1n) is 9.79. The van der Waals surface area contributed by atoms with Gasteiger partial charge in [-0.05, 0) is 37.4 Å². The van der Waals surface area contributed by atoms with Crippen molar-refractivity contribution in [2.45, 2.75) is 0 Å². The number of carbonyl (C=O) groups excluding carboxylic acids is 3. The number of aromatic amines is 1. The summed E-state index contributed by atoms with van der Waals surface area (Å²) in [6.07, 6.45) is 4.47. The third-order valence-electron chi connectivity index (χ3n) is 4.32. The Bertz CT molecular complexity index is 1220. The number of hydrogen-bond acceptors (Lipinski definition) is 5. The largest absolute Gasteiger partial charge is 0.322 e. The highest BCUT2D eigenvalue weighted by molar-refractivity contribution is 14.1. The SMILES string of the molecule is CN(I)C/C=C/C(=O)Nc1cccc(NC(=O)c2[nH]ncc2NC(=O)c2c(Cl)cccc2Cl)c1. The fourth-order valence-corrected chi connectivity index (χ4v) is 3.61. The molecule has 1 heterocycles. The van der Waals surface area contributed by atoms with Gasteiger partial charge in [-0.15, -0.1) is 0 Å². The molecule has 1 aromatic heterocycles. The molecule has 9 nitrogen and oxygen atoms in total. The summed E-state index contributed by atoms with van der Waals surface area (Å²) >= 11 is 14.3. The van der Waals surface area contributed by atoms with Gasteiger partial charge in [-0.2, -0.15) is 5.10 Å². The van der Waals surface area contributed by atoms with Crippen LogP contribution >= 0.6 is 46.1 Å². The lowest BCUT2D eigenvalue weighted by molar-refractivity contribution is -0.111. The molecule has 0 aliphatic rings. The number of likely N-dealkylation sites (N-methyl/N-ethyl adjacent to an activating group) is 1. The zero-order valence-corrected chi connectivity index (χ0v) is 21.4. The Kier molecular flexibility index (Phi) is 9.05. The van der Waals surface area contributed by atoms with Gasteiger partial charge in [0.15, 0.2) is 0 Å². The van der Waals surface area contributed by atoms with Crippen LogP contribution < -0.4 is 16.0 Å². The number of nitrogens with zero attached hydrogens (tertiary/aromatic N) is 2. The molecule has 4 N–H and O–H groups in total. The quantitative estimate of drug-likeness (QED) is 0.162. The first-order chi connectivity index (χ1) is 16.2. The van der Waals surface area contributed by atoms with E-state index in [1.54, 1.807) is 36.4 Å². The molecule has 0 radical (unpaired) electrons. The second-order valence-electron chi connectivity index (χ2n) is 6.92. The smallest absolute Gasteiger partial charge is 0.275 e. The van der Waals surface area contributed by atoms with Crippen molar-refractivity contribution in [1.29, 1.82) is 0 Å². The standard InChI is InChI=1S/C22H19Cl2IN6O3/c1-31(25)10-4-9-18(32)27-13-5-2-6-14(11-13)28-22(34)20-17(12-26-30-20)29-21(33)19-15(23)7-3-8-16(19)24/h2-9,11-12H,10H2,1H3,(H,26,30)(H,27,32)(H,28,34)(H,29,33)/b9-4+. The average molecular weight is 613 g/mol. The van der Waals surface area contributed by atoms with Crippen LogP contribution in [-0.4, -0.2) is 44.6 Å². The van der Waals surface area contributed by atoms with Crippen molar-refractivity contribution in [3.8, 4) is 0 Å². The number of benzene rings is 2. The van der Waals surface area contributed by atoms with Crippen LogP contribution in [0.3, 0.4) is 0 Å². The van der Waals surface area contributed by atoms with E-state index >= 15 is 0 Å². The molecule has 0 saturated heterocycles. The Balaban J connectivity index is 1.68. The molecule has 3 aromatic rings. The van der Waals surface area contributed by atoms with Gasteiger partial charge in [0.05, 0.1) is 27.5 Å². The van der Waals surface area contributed by atoms with Crippen molar-refractivity contribution >= 4 is 80.9 Å². The maximum atomic E-state index is 12.8. The lowest BCUT2D eigenvalue weighted by Crippen LogP contribution is -2.18. The maximum Gasteiger partial charge on any atom is 0.275 e. The van der Waals surface area contributed by atoms with Crippen LogP contribution in [-0.2, 0) is 4.79 Å². The third-order valence-corrected chi connectivity index (χ3v) is 5.34. The van der Waals surface area contributed by atoms with Crippen molar-refractivity contribution < 1.29 is 14.4 Å². The van der Waals surface area contributed by atoms with Crippen LogP contribution in [0.25, 0.3) is 0 Å². The molecular weight excluding hydrogens is 594 g/mol. The third kappa shape index (κ3) is 7.03. The number of hydrogen-bond donors (Lipinski definition) is 4. The summed E-state index contributed by atoms with van der Waals surface area (Å²) in [5.74, 6) is -1.43. The van der Waals surface area contributed by atoms with Crippen LogP contribution in [0.15, 0.2) is 60.8 Å². The van der Waals surface area contributed by atoms with Gasteiger partial charge in [0, 0.05) is 46.9 Å². The Labute approximate surface area is 219 Å². The van der Waals surface area contributed by atoms with Gasteiger partial charge in [-0.3, -0.25) is 19.5 Å². The molecule has 2 aromatic carbocycles. The normalized spacial score (nSPS) is 11.0. The topological polar surface area (TPSA) is 119 Å². The van der Waals surface area contributed by atoms with E-state index < -0.39 is 11.8 Å². The highest BCUT2D eigenvalue weighted by atomic mass is 127. The highest BCUT2D eigenvalue weighted by Gasteiger charge is 2.20. The number of anilines is 3. The second kappa shape index (κ2) is 12.0. The molecule has 0 saturated carbocycles. The molecular formula is C22H19Cl2IN6O3. The van der Waals surface area contributed by atoms with E-state index in [-0.39, 0.29) is 32.9 Å². The molecule has 0 unspecified atom stereocenters. The van der Waals surface area contributed by atoms with Crippen LogP contribution in [0.5, 0.6) is 0 Å². The number of rotatable bonds is 8. The number of H-pyrrole nitrogens is 1. The van der Waals surface area contributed by atoms with Crippen molar-refractivity contribution in [2.75, 3.05) is 29.5 Å². The number of amides is 3. The minimum absolute atomic E-state index is 0.0248. The summed E-state index contributed by atoms with van der Waals surface area (Å²) in [5, 5.41) is 14.8. The predicted octanol–water partition coefficient (Wildman–Crippen LogP) is 5.00. The molecule has 3 rings (SSSR count). The van der Waals surface area contributed by atoms with Crippen molar-refractivity contribution in [3.05, 3.63) is 82.1 Å². The minimum Gasteiger partial charge on any atom is -0.322 e. The van der Waals surface area contributed by atoms with E-state index in [0.29, 0.717) is 17.9 Å². The van der Waals surface area contributed by atoms with Gasteiger partial charge in [-0.25, -0.2) is 3.11 Å². The Morgan fingerprint density at radius 3 is 2.35 bits per heavy atom. The number of carbonyl (C=O) groups is 3.